The van der Waals surface area contributed by atoms with Crippen LogP contribution in [-0.2, 0) is 0 Å². The first kappa shape index (κ1) is 19.7. The number of anilines is 1. The van der Waals surface area contributed by atoms with E-state index in [2.05, 4.69) is 10.6 Å². The molecule has 0 fully saturated rings. The van der Waals surface area contributed by atoms with E-state index in [0.29, 0.717) is 17.3 Å². The van der Waals surface area contributed by atoms with E-state index in [4.69, 9.17) is 11.6 Å². The van der Waals surface area contributed by atoms with Gasteiger partial charge in [0.1, 0.15) is 4.88 Å². The fourth-order valence-electron chi connectivity index (χ4n) is 1.94. The van der Waals surface area contributed by atoms with E-state index in [1.165, 1.54) is 18.2 Å². The molecular formula is C16H15ClF2N2O2S2. The van der Waals surface area contributed by atoms with Gasteiger partial charge in [0.25, 0.3) is 17.6 Å². The minimum Gasteiger partial charge on any atom is -0.350 e. The van der Waals surface area contributed by atoms with Gasteiger partial charge < -0.3 is 10.6 Å². The van der Waals surface area contributed by atoms with Crippen molar-refractivity contribution in [2.24, 2.45) is 0 Å². The first-order valence-corrected chi connectivity index (χ1v) is 9.35. The molecule has 134 valence electrons. The quantitative estimate of drug-likeness (QED) is 0.658. The lowest BCUT2D eigenvalue weighted by atomic mass is 10.1. The average molecular weight is 405 g/mol. The summed E-state index contributed by atoms with van der Waals surface area (Å²) in [6, 6.07) is 5.91. The second-order valence-electron chi connectivity index (χ2n) is 5.27. The first-order chi connectivity index (χ1) is 11.8. The number of carbonyl (C=O) groups is 2. The zero-order valence-electron chi connectivity index (χ0n) is 13.3. The van der Waals surface area contributed by atoms with Crippen LogP contribution in [-0.4, -0.2) is 23.6 Å². The van der Waals surface area contributed by atoms with Gasteiger partial charge in [0, 0.05) is 16.5 Å². The molecule has 9 heteroatoms. The van der Waals surface area contributed by atoms with Crippen LogP contribution in [0, 0.1) is 0 Å². The number of carbonyl (C=O) groups excluding carboxylic acids is 2. The Bertz CT molecular complexity index is 781. The highest BCUT2D eigenvalue weighted by Crippen LogP contribution is 2.33. The lowest BCUT2D eigenvalue weighted by molar-refractivity contribution is 0.0941. The zero-order valence-corrected chi connectivity index (χ0v) is 15.7. The van der Waals surface area contributed by atoms with Crippen LogP contribution in [0.2, 0.25) is 5.02 Å². The molecule has 0 radical (unpaired) electrons. The van der Waals surface area contributed by atoms with Gasteiger partial charge in [0.05, 0.1) is 10.7 Å². The Morgan fingerprint density at radius 1 is 1.20 bits per heavy atom. The van der Waals surface area contributed by atoms with Gasteiger partial charge in [0.15, 0.2) is 0 Å². The van der Waals surface area contributed by atoms with Crippen molar-refractivity contribution in [2.45, 2.75) is 30.5 Å². The van der Waals surface area contributed by atoms with Gasteiger partial charge >= 0.3 is 0 Å². The summed E-state index contributed by atoms with van der Waals surface area (Å²) in [7, 11) is 0. The molecule has 1 heterocycles. The molecule has 0 atom stereocenters. The third-order valence-electron chi connectivity index (χ3n) is 2.95. The summed E-state index contributed by atoms with van der Waals surface area (Å²) < 4.78 is 25.1. The monoisotopic (exact) mass is 404 g/mol. The molecule has 2 rings (SSSR count). The summed E-state index contributed by atoms with van der Waals surface area (Å²) >= 11 is 7.43. The molecule has 1 aromatic carbocycles. The van der Waals surface area contributed by atoms with Gasteiger partial charge in [-0.05, 0) is 43.5 Å². The van der Waals surface area contributed by atoms with Crippen LogP contribution in [0.15, 0.2) is 34.5 Å². The second kappa shape index (κ2) is 8.64. The third-order valence-corrected chi connectivity index (χ3v) is 5.09. The average Bonchev–Trinajstić information content (AvgIpc) is 2.96. The molecular weight excluding hydrogens is 390 g/mol. The van der Waals surface area contributed by atoms with E-state index in [9.17, 15) is 18.4 Å². The van der Waals surface area contributed by atoms with Gasteiger partial charge in [0.2, 0.25) is 0 Å². The molecule has 1 aromatic heterocycles. The number of hydrogen-bond donors (Lipinski definition) is 2. The van der Waals surface area contributed by atoms with E-state index >= 15 is 0 Å². The van der Waals surface area contributed by atoms with Crippen LogP contribution < -0.4 is 10.6 Å². The van der Waals surface area contributed by atoms with Crippen LogP contribution in [0.25, 0.3) is 0 Å². The number of nitrogens with one attached hydrogen (secondary N) is 2. The zero-order chi connectivity index (χ0) is 18.6. The maximum absolute atomic E-state index is 12.5. The minimum absolute atomic E-state index is 0.0405. The van der Waals surface area contributed by atoms with E-state index in [-0.39, 0.29) is 32.4 Å². The van der Waals surface area contributed by atoms with Gasteiger partial charge in [-0.25, -0.2) is 0 Å². The Morgan fingerprint density at radius 3 is 2.56 bits per heavy atom. The Kier molecular flexibility index (Phi) is 6.80. The largest absolute Gasteiger partial charge is 0.350 e. The Morgan fingerprint density at radius 2 is 1.92 bits per heavy atom. The highest BCUT2D eigenvalue weighted by atomic mass is 35.5. The normalized spacial score (nSPS) is 11.0. The molecule has 2 aromatic rings. The van der Waals surface area contributed by atoms with E-state index in [0.717, 1.165) is 11.3 Å². The smallest absolute Gasteiger partial charge is 0.288 e. The number of alkyl halides is 2. The molecule has 0 saturated carbocycles. The van der Waals surface area contributed by atoms with E-state index in [1.54, 1.807) is 11.4 Å². The summed E-state index contributed by atoms with van der Waals surface area (Å²) in [5.74, 6) is -3.47. The van der Waals surface area contributed by atoms with Crippen LogP contribution in [0.3, 0.4) is 0 Å². The van der Waals surface area contributed by atoms with Crippen molar-refractivity contribution < 1.29 is 18.4 Å². The Labute approximate surface area is 156 Å². The number of thiophene rings is 1. The van der Waals surface area contributed by atoms with Crippen molar-refractivity contribution in [3.8, 4) is 0 Å². The lowest BCUT2D eigenvalue weighted by Gasteiger charge is -2.11. The number of amides is 2. The summed E-state index contributed by atoms with van der Waals surface area (Å²) in [6.07, 6.45) is 0. The second-order valence-corrected chi connectivity index (χ2v) is 7.62. The molecule has 0 aliphatic rings. The standard InChI is InChI=1S/C16H15ClF2N2O2S2/c1-8(2)20-14(22)9-3-4-10(17)11(7-9)21-15(23)13-12(5-6-24-13)25-16(18)19/h3-8,16H,1-2H3,(H,20,22)(H,21,23). The van der Waals surface area contributed by atoms with E-state index in [1.807, 2.05) is 13.8 Å². The Balaban J connectivity index is 2.21. The molecule has 0 aliphatic heterocycles. The van der Waals surface area contributed by atoms with Gasteiger partial charge in [-0.3, -0.25) is 9.59 Å². The van der Waals surface area contributed by atoms with Crippen molar-refractivity contribution in [2.75, 3.05) is 5.32 Å². The maximum Gasteiger partial charge on any atom is 0.288 e. The SMILES string of the molecule is CC(C)NC(=O)c1ccc(Cl)c(NC(=O)c2sccc2SC(F)F)c1. The van der Waals surface area contributed by atoms with Gasteiger partial charge in [-0.15, -0.1) is 11.3 Å². The van der Waals surface area contributed by atoms with Gasteiger partial charge in [-0.1, -0.05) is 23.4 Å². The molecule has 4 nitrogen and oxygen atoms in total. The molecule has 25 heavy (non-hydrogen) atoms. The van der Waals surface area contributed by atoms with Crippen molar-refractivity contribution in [3.63, 3.8) is 0 Å². The summed E-state index contributed by atoms with van der Waals surface area (Å²) in [4.78, 5) is 24.8. The summed E-state index contributed by atoms with van der Waals surface area (Å²) in [5.41, 5.74) is 0.575. The number of thioether (sulfide) groups is 1. The molecule has 0 unspecified atom stereocenters. The summed E-state index contributed by atoms with van der Waals surface area (Å²) in [6.45, 7) is 3.66. The molecule has 0 bridgehead atoms. The fourth-order valence-corrected chi connectivity index (χ4v) is 3.70. The molecule has 0 saturated heterocycles. The van der Waals surface area contributed by atoms with Crippen molar-refractivity contribution >= 4 is 52.2 Å². The maximum atomic E-state index is 12.5. The molecule has 0 spiro atoms. The van der Waals surface area contributed by atoms with Crippen molar-refractivity contribution in [3.05, 3.63) is 45.1 Å². The number of hydrogen-bond acceptors (Lipinski definition) is 4. The van der Waals surface area contributed by atoms with Crippen molar-refractivity contribution in [1.82, 2.24) is 5.32 Å². The van der Waals surface area contributed by atoms with Crippen LogP contribution in [0.5, 0.6) is 0 Å². The number of halogens is 3. The third kappa shape index (κ3) is 5.42. The predicted molar refractivity (Wildman–Crippen MR) is 98.2 cm³/mol. The van der Waals surface area contributed by atoms with Crippen molar-refractivity contribution in [1.29, 1.82) is 0 Å². The van der Waals surface area contributed by atoms with Crippen LogP contribution in [0.1, 0.15) is 33.9 Å². The number of rotatable bonds is 6. The van der Waals surface area contributed by atoms with E-state index < -0.39 is 11.7 Å². The fraction of sp³-hybridized carbons (Fsp3) is 0.250. The van der Waals surface area contributed by atoms with Gasteiger partial charge in [-0.2, -0.15) is 8.78 Å². The predicted octanol–water partition coefficient (Wildman–Crippen LogP) is 5.11. The lowest BCUT2D eigenvalue weighted by Crippen LogP contribution is -2.30. The molecule has 2 amide bonds. The minimum atomic E-state index is -2.62. The topological polar surface area (TPSA) is 58.2 Å². The highest BCUT2D eigenvalue weighted by molar-refractivity contribution is 7.99. The summed E-state index contributed by atoms with van der Waals surface area (Å²) in [5, 5.41) is 7.12. The Hall–Kier alpha value is -1.64. The van der Waals surface area contributed by atoms with Crippen LogP contribution >= 0.6 is 34.7 Å². The first-order valence-electron chi connectivity index (χ1n) is 7.22. The van der Waals surface area contributed by atoms with Crippen LogP contribution in [0.4, 0.5) is 14.5 Å². The number of benzene rings is 1. The highest BCUT2D eigenvalue weighted by Gasteiger charge is 2.19. The molecule has 0 aliphatic carbocycles. The molecule has 2 N–H and O–H groups in total.